The normalized spacial score (nSPS) is 18.7. The highest BCUT2D eigenvalue weighted by molar-refractivity contribution is 5.79. The van der Waals surface area contributed by atoms with Gasteiger partial charge in [-0.2, -0.15) is 5.10 Å². The highest BCUT2D eigenvalue weighted by Gasteiger charge is 2.31. The smallest absolute Gasteiger partial charge is 0.227 e. The lowest BCUT2D eigenvalue weighted by Gasteiger charge is -2.35. The van der Waals surface area contributed by atoms with E-state index >= 15 is 0 Å². The SMILES string of the molecule is Cc1cn[nH]c1C1COCCN1C(=O)Cc1c(C)noc1C. The average molecular weight is 304 g/mol. The van der Waals surface area contributed by atoms with Crippen molar-refractivity contribution in [3.63, 3.8) is 0 Å². The predicted octanol–water partition coefficient (Wildman–Crippen LogP) is 1.47. The van der Waals surface area contributed by atoms with Crippen molar-refractivity contribution in [1.82, 2.24) is 20.3 Å². The number of nitrogens with one attached hydrogen (secondary N) is 1. The number of H-pyrrole nitrogens is 1. The van der Waals surface area contributed by atoms with Crippen molar-refractivity contribution >= 4 is 5.91 Å². The Morgan fingerprint density at radius 1 is 1.45 bits per heavy atom. The topological polar surface area (TPSA) is 84.2 Å². The van der Waals surface area contributed by atoms with Crippen LogP contribution in [0, 0.1) is 20.8 Å². The number of amides is 1. The van der Waals surface area contributed by atoms with E-state index in [0.29, 0.717) is 31.9 Å². The second-order valence-corrected chi connectivity index (χ2v) is 5.62. The summed E-state index contributed by atoms with van der Waals surface area (Å²) in [4.78, 5) is 14.6. The van der Waals surface area contributed by atoms with Crippen molar-refractivity contribution < 1.29 is 14.1 Å². The second-order valence-electron chi connectivity index (χ2n) is 5.62. The first-order valence-corrected chi connectivity index (χ1v) is 7.36. The lowest BCUT2D eigenvalue weighted by molar-refractivity contribution is -0.139. The fourth-order valence-corrected chi connectivity index (χ4v) is 2.84. The van der Waals surface area contributed by atoms with Crippen LogP contribution in [0.25, 0.3) is 0 Å². The summed E-state index contributed by atoms with van der Waals surface area (Å²) in [5.41, 5.74) is 3.61. The van der Waals surface area contributed by atoms with Gasteiger partial charge in [0.15, 0.2) is 0 Å². The fourth-order valence-electron chi connectivity index (χ4n) is 2.84. The van der Waals surface area contributed by atoms with E-state index in [1.165, 1.54) is 0 Å². The first-order valence-electron chi connectivity index (χ1n) is 7.36. The molecule has 1 fully saturated rings. The summed E-state index contributed by atoms with van der Waals surface area (Å²) in [5, 5.41) is 10.9. The number of carbonyl (C=O) groups is 1. The summed E-state index contributed by atoms with van der Waals surface area (Å²) < 4.78 is 10.7. The molecule has 0 radical (unpaired) electrons. The molecule has 22 heavy (non-hydrogen) atoms. The lowest BCUT2D eigenvalue weighted by Crippen LogP contribution is -2.44. The number of hydrogen-bond donors (Lipinski definition) is 1. The zero-order valence-electron chi connectivity index (χ0n) is 13.0. The Kier molecular flexibility index (Phi) is 3.98. The quantitative estimate of drug-likeness (QED) is 0.928. The van der Waals surface area contributed by atoms with Crippen LogP contribution in [-0.4, -0.2) is 45.9 Å². The summed E-state index contributed by atoms with van der Waals surface area (Å²) in [6, 6.07) is -0.121. The van der Waals surface area contributed by atoms with Crippen LogP contribution < -0.4 is 0 Å². The standard InChI is InChI=1S/C15H20N4O3/c1-9-7-16-17-15(9)13-8-21-5-4-19(13)14(20)6-12-10(2)18-22-11(12)3/h7,13H,4-6,8H2,1-3H3,(H,16,17). The molecule has 1 aliphatic heterocycles. The van der Waals surface area contributed by atoms with Crippen LogP contribution in [0.5, 0.6) is 0 Å². The number of carbonyl (C=O) groups excluding carboxylic acids is 1. The molecule has 1 amide bonds. The summed E-state index contributed by atoms with van der Waals surface area (Å²) in [5.74, 6) is 0.755. The van der Waals surface area contributed by atoms with Crippen LogP contribution in [0.15, 0.2) is 10.7 Å². The van der Waals surface area contributed by atoms with Gasteiger partial charge in [0.25, 0.3) is 0 Å². The van der Waals surface area contributed by atoms with Crippen molar-refractivity contribution in [2.75, 3.05) is 19.8 Å². The van der Waals surface area contributed by atoms with Gasteiger partial charge in [-0.15, -0.1) is 0 Å². The number of aromatic amines is 1. The van der Waals surface area contributed by atoms with E-state index < -0.39 is 0 Å². The third kappa shape index (κ3) is 2.64. The molecule has 3 heterocycles. The molecule has 0 aromatic carbocycles. The highest BCUT2D eigenvalue weighted by atomic mass is 16.5. The summed E-state index contributed by atoms with van der Waals surface area (Å²) in [6.07, 6.45) is 2.06. The fraction of sp³-hybridized carbons (Fsp3) is 0.533. The van der Waals surface area contributed by atoms with Crippen molar-refractivity contribution in [2.24, 2.45) is 0 Å². The molecule has 2 aromatic heterocycles. The molecule has 7 heteroatoms. The number of nitrogens with zero attached hydrogens (tertiary/aromatic N) is 3. The third-order valence-corrected chi connectivity index (χ3v) is 4.16. The van der Waals surface area contributed by atoms with Gasteiger partial charge in [0.1, 0.15) is 5.76 Å². The second kappa shape index (κ2) is 5.92. The van der Waals surface area contributed by atoms with Gasteiger partial charge in [-0.05, 0) is 26.3 Å². The highest BCUT2D eigenvalue weighted by Crippen LogP contribution is 2.26. The maximum absolute atomic E-state index is 12.8. The Labute approximate surface area is 128 Å². The van der Waals surface area contributed by atoms with Crippen LogP contribution in [0.1, 0.15) is 34.3 Å². The molecule has 0 aliphatic carbocycles. The Morgan fingerprint density at radius 2 is 2.27 bits per heavy atom. The van der Waals surface area contributed by atoms with Crippen LogP contribution >= 0.6 is 0 Å². The van der Waals surface area contributed by atoms with Crippen LogP contribution in [0.3, 0.4) is 0 Å². The average Bonchev–Trinajstić information content (AvgIpc) is 3.07. The third-order valence-electron chi connectivity index (χ3n) is 4.16. The summed E-state index contributed by atoms with van der Waals surface area (Å²) >= 11 is 0. The molecule has 1 aliphatic rings. The molecular formula is C15H20N4O3. The molecule has 0 spiro atoms. The van der Waals surface area contributed by atoms with E-state index in [9.17, 15) is 4.79 Å². The molecule has 3 rings (SSSR count). The lowest BCUT2D eigenvalue weighted by atomic mass is 10.1. The molecule has 1 N–H and O–H groups in total. The molecule has 0 bridgehead atoms. The van der Waals surface area contributed by atoms with Gasteiger partial charge in [0, 0.05) is 12.1 Å². The Hall–Kier alpha value is -2.15. The first-order chi connectivity index (χ1) is 10.6. The summed E-state index contributed by atoms with van der Waals surface area (Å²) in [7, 11) is 0. The molecule has 1 atom stereocenters. The molecule has 1 unspecified atom stereocenters. The predicted molar refractivity (Wildman–Crippen MR) is 78.3 cm³/mol. The number of aromatic nitrogens is 3. The van der Waals surface area contributed by atoms with Crippen molar-refractivity contribution in [3.05, 3.63) is 34.5 Å². The minimum Gasteiger partial charge on any atom is -0.377 e. The number of ether oxygens (including phenoxy) is 1. The summed E-state index contributed by atoms with van der Waals surface area (Å²) in [6.45, 7) is 7.27. The van der Waals surface area contributed by atoms with Gasteiger partial charge in [-0.25, -0.2) is 0 Å². The van der Waals surface area contributed by atoms with Gasteiger partial charge >= 0.3 is 0 Å². The maximum Gasteiger partial charge on any atom is 0.227 e. The minimum atomic E-state index is -0.121. The Morgan fingerprint density at radius 3 is 2.91 bits per heavy atom. The minimum absolute atomic E-state index is 0.0525. The van der Waals surface area contributed by atoms with E-state index in [4.69, 9.17) is 9.26 Å². The van der Waals surface area contributed by atoms with Crippen LogP contribution in [0.2, 0.25) is 0 Å². The van der Waals surface area contributed by atoms with E-state index in [-0.39, 0.29) is 11.9 Å². The zero-order valence-corrected chi connectivity index (χ0v) is 13.0. The van der Waals surface area contributed by atoms with Crippen LogP contribution in [0.4, 0.5) is 0 Å². The van der Waals surface area contributed by atoms with Gasteiger partial charge in [-0.1, -0.05) is 5.16 Å². The monoisotopic (exact) mass is 304 g/mol. The van der Waals surface area contributed by atoms with E-state index in [1.807, 2.05) is 25.7 Å². The molecule has 118 valence electrons. The Balaban J connectivity index is 1.82. The van der Waals surface area contributed by atoms with Gasteiger partial charge in [0.05, 0.1) is 43.3 Å². The van der Waals surface area contributed by atoms with Gasteiger partial charge in [-0.3, -0.25) is 9.89 Å². The molecule has 0 saturated carbocycles. The largest absolute Gasteiger partial charge is 0.377 e. The molecule has 2 aromatic rings. The Bertz CT molecular complexity index is 657. The van der Waals surface area contributed by atoms with E-state index in [0.717, 1.165) is 22.5 Å². The zero-order chi connectivity index (χ0) is 15.7. The maximum atomic E-state index is 12.8. The molecule has 7 nitrogen and oxygen atoms in total. The number of aryl methyl sites for hydroxylation is 3. The molecular weight excluding hydrogens is 284 g/mol. The molecule has 1 saturated heterocycles. The van der Waals surface area contributed by atoms with E-state index in [2.05, 4.69) is 15.4 Å². The van der Waals surface area contributed by atoms with Crippen LogP contribution in [-0.2, 0) is 16.0 Å². The number of hydrogen-bond acceptors (Lipinski definition) is 5. The van der Waals surface area contributed by atoms with Gasteiger partial charge in [0.2, 0.25) is 5.91 Å². The van der Waals surface area contributed by atoms with Crippen molar-refractivity contribution in [3.8, 4) is 0 Å². The first kappa shape index (κ1) is 14.8. The van der Waals surface area contributed by atoms with Gasteiger partial charge < -0.3 is 14.2 Å². The number of rotatable bonds is 3. The van der Waals surface area contributed by atoms with E-state index in [1.54, 1.807) is 6.20 Å². The van der Waals surface area contributed by atoms with Crippen molar-refractivity contribution in [2.45, 2.75) is 33.2 Å². The number of morpholine rings is 1. The van der Waals surface area contributed by atoms with Crippen molar-refractivity contribution in [1.29, 1.82) is 0 Å².